The van der Waals surface area contributed by atoms with Crippen LogP contribution in [0.5, 0.6) is 0 Å². The van der Waals surface area contributed by atoms with Gasteiger partial charge in [-0.1, -0.05) is 23.2 Å². The summed E-state index contributed by atoms with van der Waals surface area (Å²) in [5.74, 6) is -0.988. The molecule has 0 saturated heterocycles. The van der Waals surface area contributed by atoms with Crippen molar-refractivity contribution in [1.29, 1.82) is 0 Å². The molecule has 0 amide bonds. The van der Waals surface area contributed by atoms with Crippen molar-refractivity contribution in [3.63, 3.8) is 0 Å². The minimum atomic E-state index is -0.695. The Morgan fingerprint density at radius 2 is 2.00 bits per heavy atom. The molecule has 0 N–H and O–H groups in total. The van der Waals surface area contributed by atoms with Gasteiger partial charge in [-0.05, 0) is 13.0 Å². The monoisotopic (exact) mass is 360 g/mol. The summed E-state index contributed by atoms with van der Waals surface area (Å²) in [4.78, 5) is 35.0. The van der Waals surface area contributed by atoms with Crippen molar-refractivity contribution < 1.29 is 19.2 Å². The van der Waals surface area contributed by atoms with Gasteiger partial charge in [0, 0.05) is 31.0 Å². The molecule has 1 aromatic rings. The predicted molar refractivity (Wildman–Crippen MR) is 85.8 cm³/mol. The number of hydrogen-bond acceptors (Lipinski definition) is 6. The molecule has 23 heavy (non-hydrogen) atoms. The van der Waals surface area contributed by atoms with Crippen molar-refractivity contribution in [3.05, 3.63) is 50.1 Å². The molecule has 0 heterocycles. The molecule has 124 valence electrons. The lowest BCUT2D eigenvalue weighted by atomic mass is 10.1. The molecule has 0 aliphatic carbocycles. The van der Waals surface area contributed by atoms with E-state index in [9.17, 15) is 19.7 Å². The van der Waals surface area contributed by atoms with Crippen LogP contribution in [-0.2, 0) is 9.53 Å². The van der Waals surface area contributed by atoms with Crippen molar-refractivity contribution in [2.45, 2.75) is 6.92 Å². The van der Waals surface area contributed by atoms with Crippen LogP contribution < -0.4 is 0 Å². The van der Waals surface area contributed by atoms with Gasteiger partial charge >= 0.3 is 5.97 Å². The largest absolute Gasteiger partial charge is 0.463 e. The fourth-order valence-electron chi connectivity index (χ4n) is 1.63. The van der Waals surface area contributed by atoms with Gasteiger partial charge in [0.2, 0.25) is 0 Å². The van der Waals surface area contributed by atoms with Gasteiger partial charge in [-0.15, -0.1) is 0 Å². The first-order chi connectivity index (χ1) is 10.8. The predicted octanol–water partition coefficient (Wildman–Crippen LogP) is 3.09. The molecule has 0 saturated carbocycles. The topological polar surface area (TPSA) is 89.8 Å². The van der Waals surface area contributed by atoms with Crippen molar-refractivity contribution in [1.82, 2.24) is 4.90 Å². The van der Waals surface area contributed by atoms with E-state index in [1.807, 2.05) is 0 Å². The number of benzene rings is 1. The number of nitrogens with zero attached hydrogens (tertiary/aromatic N) is 2. The Hall–Kier alpha value is -2.12. The smallest absolute Gasteiger partial charge is 0.332 e. The number of nitro benzene ring substituents is 1. The lowest BCUT2D eigenvalue weighted by Crippen LogP contribution is -2.22. The second-order valence-corrected chi connectivity index (χ2v) is 5.26. The number of hydrogen-bond donors (Lipinski definition) is 0. The average molecular weight is 361 g/mol. The van der Waals surface area contributed by atoms with Gasteiger partial charge < -0.3 is 9.64 Å². The fraction of sp³-hybridized carbons (Fsp3) is 0.286. The zero-order valence-corrected chi connectivity index (χ0v) is 13.9. The SMILES string of the molecule is CCOC(=O)/C=C/N(C)CC(=O)c1cc([N+](=O)[O-])c(Cl)cc1Cl. The third kappa shape index (κ3) is 5.54. The number of carbonyl (C=O) groups is 2. The number of ether oxygens (including phenoxy) is 1. The number of Topliss-reactive ketones (excluding diaryl/α,β-unsaturated/α-hetero) is 1. The van der Waals surface area contributed by atoms with Crippen LogP contribution in [-0.4, -0.2) is 41.8 Å². The first-order valence-corrected chi connectivity index (χ1v) is 7.23. The maximum atomic E-state index is 12.2. The van der Waals surface area contributed by atoms with Crippen molar-refractivity contribution >= 4 is 40.6 Å². The Labute approximate surface area is 142 Å². The highest BCUT2D eigenvalue weighted by Crippen LogP contribution is 2.31. The van der Waals surface area contributed by atoms with Crippen molar-refractivity contribution in [2.75, 3.05) is 20.2 Å². The van der Waals surface area contributed by atoms with E-state index in [1.54, 1.807) is 14.0 Å². The summed E-state index contributed by atoms with van der Waals surface area (Å²) in [6.45, 7) is 1.79. The highest BCUT2D eigenvalue weighted by Gasteiger charge is 2.20. The van der Waals surface area contributed by atoms with Gasteiger partial charge in [-0.25, -0.2) is 4.79 Å². The normalized spacial score (nSPS) is 10.6. The van der Waals surface area contributed by atoms with Crippen LogP contribution in [0.25, 0.3) is 0 Å². The summed E-state index contributed by atoms with van der Waals surface area (Å²) in [5.41, 5.74) is -0.414. The quantitative estimate of drug-likeness (QED) is 0.244. The third-order valence-electron chi connectivity index (χ3n) is 2.68. The lowest BCUT2D eigenvalue weighted by molar-refractivity contribution is -0.384. The Bertz CT molecular complexity index is 661. The molecule has 1 aromatic carbocycles. The number of ketones is 1. The van der Waals surface area contributed by atoms with Crippen LogP contribution in [0.2, 0.25) is 10.0 Å². The standard InChI is InChI=1S/C14H14Cl2N2O5/c1-3-23-14(20)4-5-17(2)8-13(19)9-6-12(18(21)22)11(16)7-10(9)15/h4-7H,3,8H2,1-2H3/b5-4+. The van der Waals surface area contributed by atoms with E-state index in [1.165, 1.54) is 17.2 Å². The number of esters is 1. The van der Waals surface area contributed by atoms with Crippen LogP contribution in [0.4, 0.5) is 5.69 Å². The molecule has 0 aromatic heterocycles. The molecular formula is C14H14Cl2N2O5. The average Bonchev–Trinajstić information content (AvgIpc) is 2.44. The molecule has 0 aliphatic heterocycles. The zero-order valence-electron chi connectivity index (χ0n) is 12.4. The molecular weight excluding hydrogens is 347 g/mol. The number of carbonyl (C=O) groups excluding carboxylic acids is 2. The van der Waals surface area contributed by atoms with Gasteiger partial charge in [-0.3, -0.25) is 14.9 Å². The Kier molecular flexibility index (Phi) is 6.99. The molecule has 0 aliphatic rings. The summed E-state index contributed by atoms with van der Waals surface area (Å²) in [6, 6.07) is 2.19. The van der Waals surface area contributed by atoms with E-state index >= 15 is 0 Å². The van der Waals surface area contributed by atoms with E-state index in [2.05, 4.69) is 0 Å². The number of halogens is 2. The highest BCUT2D eigenvalue weighted by atomic mass is 35.5. The second kappa shape index (κ2) is 8.50. The number of rotatable bonds is 7. The van der Waals surface area contributed by atoms with Crippen LogP contribution in [0.15, 0.2) is 24.4 Å². The molecule has 9 heteroatoms. The molecule has 0 bridgehead atoms. The third-order valence-corrected chi connectivity index (χ3v) is 3.29. The van der Waals surface area contributed by atoms with Crippen LogP contribution in [0.3, 0.4) is 0 Å². The van der Waals surface area contributed by atoms with Gasteiger partial charge in [0.15, 0.2) is 5.78 Å². The maximum Gasteiger partial charge on any atom is 0.332 e. The molecule has 0 radical (unpaired) electrons. The summed E-state index contributed by atoms with van der Waals surface area (Å²) in [7, 11) is 1.56. The van der Waals surface area contributed by atoms with Crippen LogP contribution >= 0.6 is 23.2 Å². The molecule has 7 nitrogen and oxygen atoms in total. The van der Waals surface area contributed by atoms with Gasteiger partial charge in [0.05, 0.1) is 23.1 Å². The summed E-state index contributed by atoms with van der Waals surface area (Å²) in [6.07, 6.45) is 2.54. The van der Waals surface area contributed by atoms with Gasteiger partial charge in [0.1, 0.15) is 5.02 Å². The fourth-order valence-corrected chi connectivity index (χ4v) is 2.19. The van der Waals surface area contributed by atoms with Crippen LogP contribution in [0.1, 0.15) is 17.3 Å². The van der Waals surface area contributed by atoms with Gasteiger partial charge in [-0.2, -0.15) is 0 Å². The zero-order chi connectivity index (χ0) is 17.6. The molecule has 0 fully saturated rings. The first-order valence-electron chi connectivity index (χ1n) is 6.48. The Morgan fingerprint density at radius 3 is 2.57 bits per heavy atom. The van der Waals surface area contributed by atoms with Gasteiger partial charge in [0.25, 0.3) is 5.69 Å². The summed E-state index contributed by atoms with van der Waals surface area (Å²) < 4.78 is 4.71. The Morgan fingerprint density at radius 1 is 1.35 bits per heavy atom. The minimum Gasteiger partial charge on any atom is -0.463 e. The lowest BCUT2D eigenvalue weighted by Gasteiger charge is -2.13. The van der Waals surface area contributed by atoms with E-state index in [0.29, 0.717) is 0 Å². The molecule has 0 atom stereocenters. The maximum absolute atomic E-state index is 12.2. The van der Waals surface area contributed by atoms with Crippen molar-refractivity contribution in [2.24, 2.45) is 0 Å². The highest BCUT2D eigenvalue weighted by molar-refractivity contribution is 6.38. The van der Waals surface area contributed by atoms with E-state index in [0.717, 1.165) is 12.1 Å². The van der Waals surface area contributed by atoms with E-state index < -0.39 is 22.4 Å². The van der Waals surface area contributed by atoms with Crippen molar-refractivity contribution in [3.8, 4) is 0 Å². The van der Waals surface area contributed by atoms with E-state index in [4.69, 9.17) is 27.9 Å². The first kappa shape index (κ1) is 18.9. The second-order valence-electron chi connectivity index (χ2n) is 4.45. The molecule has 1 rings (SSSR count). The minimum absolute atomic E-state index is 0.0147. The number of nitro groups is 1. The molecule has 0 unspecified atom stereocenters. The Balaban J connectivity index is 2.88. The summed E-state index contributed by atoms with van der Waals surface area (Å²) >= 11 is 11.6. The van der Waals surface area contributed by atoms with E-state index in [-0.39, 0.29) is 28.8 Å². The number of likely N-dealkylation sites (N-methyl/N-ethyl adjacent to an activating group) is 1. The van der Waals surface area contributed by atoms with Crippen LogP contribution in [0, 0.1) is 10.1 Å². The molecule has 0 spiro atoms. The summed E-state index contributed by atoms with van der Waals surface area (Å²) in [5, 5.41) is 10.7.